The molecule has 2 fully saturated rings. The average Bonchev–Trinajstić information content (AvgIpc) is 3.38. The molecular weight excluding hydrogens is 524 g/mol. The van der Waals surface area contributed by atoms with Gasteiger partial charge in [-0.25, -0.2) is 4.79 Å². The number of rotatable bonds is 7. The Hall–Kier alpha value is -2.90. The summed E-state index contributed by atoms with van der Waals surface area (Å²) in [6.45, 7) is 20.8. The molecule has 4 unspecified atom stereocenters. The molecule has 2 aromatic rings. The topological polar surface area (TPSA) is 87.9 Å². The molecule has 2 heterocycles. The van der Waals surface area contributed by atoms with Crippen molar-refractivity contribution in [2.75, 3.05) is 19.6 Å². The van der Waals surface area contributed by atoms with Crippen molar-refractivity contribution in [3.8, 4) is 0 Å². The molecule has 0 radical (unpaired) electrons. The molecule has 7 heteroatoms. The average molecular weight is 579 g/mol. The highest BCUT2D eigenvalue weighted by Gasteiger charge is 2.47. The summed E-state index contributed by atoms with van der Waals surface area (Å²) in [6, 6.07) is 21.1. The van der Waals surface area contributed by atoms with E-state index in [1.165, 1.54) is 11.1 Å². The van der Waals surface area contributed by atoms with Gasteiger partial charge in [0, 0.05) is 31.2 Å². The van der Waals surface area contributed by atoms with E-state index in [-0.39, 0.29) is 29.5 Å². The van der Waals surface area contributed by atoms with Crippen LogP contribution in [0.4, 0.5) is 4.79 Å². The Kier molecular flexibility index (Phi) is 10.9. The second-order valence-corrected chi connectivity index (χ2v) is 13.7. The number of carbonyl (C=O) groups excluding carboxylic acids is 2. The van der Waals surface area contributed by atoms with Crippen LogP contribution in [0.2, 0.25) is 0 Å². The first-order chi connectivity index (χ1) is 19.6. The Morgan fingerprint density at radius 2 is 1.48 bits per heavy atom. The standard InChI is InChI=1S/C20H32N2O2.C15H22N2O/c1-7-17-13-22(15(2)16-11-9-8-10-12-16)14-20(17,6)21-18(23)24-19(3,4)5;1-4-13-14(18)17(10-15(13,3)16)11(2)12-8-6-5-7-9-12/h8-12,15,17H,7,13-14H2,1-6H3,(H,21,23);5-9,11,13H,4,10,16H2,1-3H3/t15-,17?,20?;11-,13?,15?/m11/s1. The first-order valence-electron chi connectivity index (χ1n) is 15.6. The van der Waals surface area contributed by atoms with Gasteiger partial charge in [-0.3, -0.25) is 9.69 Å². The van der Waals surface area contributed by atoms with E-state index in [1.54, 1.807) is 0 Å². The minimum absolute atomic E-state index is 0.0522. The van der Waals surface area contributed by atoms with Crippen LogP contribution in [0.25, 0.3) is 0 Å². The fourth-order valence-electron chi connectivity index (χ4n) is 6.51. The summed E-state index contributed by atoms with van der Waals surface area (Å²) in [5.74, 6) is 0.554. The van der Waals surface area contributed by atoms with Crippen molar-refractivity contribution >= 4 is 12.0 Å². The second kappa shape index (κ2) is 13.6. The van der Waals surface area contributed by atoms with Crippen LogP contribution in [0.3, 0.4) is 0 Å². The predicted molar refractivity (Wildman–Crippen MR) is 171 cm³/mol. The zero-order valence-electron chi connectivity index (χ0n) is 27.3. The molecule has 0 spiro atoms. The molecule has 0 saturated carbocycles. The number of nitrogens with two attached hydrogens (primary N) is 1. The second-order valence-electron chi connectivity index (χ2n) is 13.7. The highest BCUT2D eigenvalue weighted by molar-refractivity contribution is 5.83. The SMILES string of the molecule is CCC1C(=O)N([C@H](C)c2ccccc2)CC1(C)N.CCC1CN([C@H](C)c2ccccc2)CC1(C)NC(=O)OC(C)(C)C. The summed E-state index contributed by atoms with van der Waals surface area (Å²) < 4.78 is 5.47. The van der Waals surface area contributed by atoms with Gasteiger partial charge >= 0.3 is 6.09 Å². The van der Waals surface area contributed by atoms with Crippen molar-refractivity contribution < 1.29 is 14.3 Å². The van der Waals surface area contributed by atoms with E-state index in [1.807, 2.05) is 63.8 Å². The van der Waals surface area contributed by atoms with Crippen molar-refractivity contribution in [3.63, 3.8) is 0 Å². The Balaban J connectivity index is 0.000000240. The zero-order chi connectivity index (χ0) is 31.3. The fraction of sp³-hybridized carbons (Fsp3) is 0.600. The van der Waals surface area contributed by atoms with Crippen molar-refractivity contribution in [3.05, 3.63) is 71.8 Å². The molecule has 42 heavy (non-hydrogen) atoms. The van der Waals surface area contributed by atoms with Crippen LogP contribution in [0.1, 0.15) is 98.4 Å². The lowest BCUT2D eigenvalue weighted by molar-refractivity contribution is -0.133. The molecule has 0 bridgehead atoms. The number of benzene rings is 2. The van der Waals surface area contributed by atoms with Gasteiger partial charge in [0.05, 0.1) is 17.5 Å². The first kappa shape index (κ1) is 33.6. The number of amides is 2. The van der Waals surface area contributed by atoms with Gasteiger partial charge in [0.1, 0.15) is 5.60 Å². The molecule has 2 aliphatic heterocycles. The third-order valence-corrected chi connectivity index (χ3v) is 9.04. The number of alkyl carbamates (subject to hydrolysis) is 1. The molecule has 0 aromatic heterocycles. The van der Waals surface area contributed by atoms with Crippen LogP contribution in [0.15, 0.2) is 60.7 Å². The Morgan fingerprint density at radius 3 is 1.93 bits per heavy atom. The molecule has 4 rings (SSSR count). The molecule has 2 saturated heterocycles. The van der Waals surface area contributed by atoms with E-state index in [0.717, 1.165) is 25.9 Å². The normalized spacial score (nSPS) is 27.7. The van der Waals surface area contributed by atoms with Crippen LogP contribution in [0.5, 0.6) is 0 Å². The lowest BCUT2D eigenvalue weighted by atomic mass is 9.87. The summed E-state index contributed by atoms with van der Waals surface area (Å²) in [6.07, 6.45) is 1.52. The van der Waals surface area contributed by atoms with Gasteiger partial charge < -0.3 is 20.7 Å². The molecular formula is C35H54N4O3. The summed E-state index contributed by atoms with van der Waals surface area (Å²) in [5.41, 5.74) is 7.60. The van der Waals surface area contributed by atoms with Crippen LogP contribution in [-0.2, 0) is 9.53 Å². The van der Waals surface area contributed by atoms with E-state index >= 15 is 0 Å². The number of hydrogen-bond donors (Lipinski definition) is 2. The first-order valence-corrected chi connectivity index (χ1v) is 15.6. The lowest BCUT2D eigenvalue weighted by Gasteiger charge is -2.33. The van der Waals surface area contributed by atoms with Crippen molar-refractivity contribution in [2.45, 2.75) is 104 Å². The van der Waals surface area contributed by atoms with Crippen LogP contribution in [0, 0.1) is 11.8 Å². The highest BCUT2D eigenvalue weighted by Crippen LogP contribution is 2.36. The Morgan fingerprint density at radius 1 is 0.952 bits per heavy atom. The minimum Gasteiger partial charge on any atom is -0.444 e. The summed E-state index contributed by atoms with van der Waals surface area (Å²) in [7, 11) is 0. The van der Waals surface area contributed by atoms with Gasteiger partial charge in [-0.05, 0) is 78.4 Å². The minimum atomic E-state index is -0.474. The predicted octanol–water partition coefficient (Wildman–Crippen LogP) is 6.71. The van der Waals surface area contributed by atoms with Gasteiger partial charge in [0.15, 0.2) is 0 Å². The van der Waals surface area contributed by atoms with E-state index in [4.69, 9.17) is 10.5 Å². The van der Waals surface area contributed by atoms with Crippen LogP contribution in [-0.4, -0.2) is 58.1 Å². The molecule has 6 atom stereocenters. The quantitative estimate of drug-likeness (QED) is 0.381. The molecule has 2 aromatic carbocycles. The van der Waals surface area contributed by atoms with Gasteiger partial charge in [-0.2, -0.15) is 0 Å². The maximum absolute atomic E-state index is 12.4. The lowest BCUT2D eigenvalue weighted by Crippen LogP contribution is -2.53. The van der Waals surface area contributed by atoms with Crippen molar-refractivity contribution in [1.82, 2.24) is 15.1 Å². The van der Waals surface area contributed by atoms with Gasteiger partial charge in [0.25, 0.3) is 0 Å². The molecule has 7 nitrogen and oxygen atoms in total. The Labute approximate surface area is 254 Å². The Bertz CT molecular complexity index is 1160. The number of ether oxygens (including phenoxy) is 1. The number of hydrogen-bond acceptors (Lipinski definition) is 5. The number of carbonyl (C=O) groups is 2. The van der Waals surface area contributed by atoms with Gasteiger partial charge in [-0.15, -0.1) is 0 Å². The van der Waals surface area contributed by atoms with E-state index < -0.39 is 11.1 Å². The molecule has 0 aliphatic carbocycles. The van der Waals surface area contributed by atoms with Crippen molar-refractivity contribution in [1.29, 1.82) is 0 Å². The molecule has 3 N–H and O–H groups in total. The third kappa shape index (κ3) is 8.13. The number of likely N-dealkylation sites (tertiary alicyclic amines) is 2. The summed E-state index contributed by atoms with van der Waals surface area (Å²) in [4.78, 5) is 29.1. The molecule has 2 aliphatic rings. The third-order valence-electron chi connectivity index (χ3n) is 9.04. The van der Waals surface area contributed by atoms with E-state index in [0.29, 0.717) is 18.5 Å². The van der Waals surface area contributed by atoms with E-state index in [9.17, 15) is 9.59 Å². The van der Waals surface area contributed by atoms with Crippen LogP contribution >= 0.6 is 0 Å². The largest absolute Gasteiger partial charge is 0.444 e. The zero-order valence-corrected chi connectivity index (χ0v) is 27.3. The van der Waals surface area contributed by atoms with E-state index in [2.05, 4.69) is 74.3 Å². The maximum Gasteiger partial charge on any atom is 0.408 e. The molecule has 2 amide bonds. The van der Waals surface area contributed by atoms with Crippen molar-refractivity contribution in [2.24, 2.45) is 17.6 Å². The maximum atomic E-state index is 12.4. The fourth-order valence-corrected chi connectivity index (χ4v) is 6.51. The molecule has 232 valence electrons. The van der Waals surface area contributed by atoms with Crippen LogP contribution < -0.4 is 11.1 Å². The van der Waals surface area contributed by atoms with Gasteiger partial charge in [-0.1, -0.05) is 74.5 Å². The summed E-state index contributed by atoms with van der Waals surface area (Å²) >= 11 is 0. The number of nitrogens with one attached hydrogen (secondary N) is 1. The number of nitrogens with zero attached hydrogens (tertiary/aromatic N) is 2. The summed E-state index contributed by atoms with van der Waals surface area (Å²) in [5, 5.41) is 3.15. The smallest absolute Gasteiger partial charge is 0.408 e. The monoisotopic (exact) mass is 578 g/mol. The van der Waals surface area contributed by atoms with Gasteiger partial charge in [0.2, 0.25) is 5.91 Å². The highest BCUT2D eigenvalue weighted by atomic mass is 16.6.